The molecule has 0 spiro atoms. The zero-order valence-corrected chi connectivity index (χ0v) is 17.1. The van der Waals surface area contributed by atoms with Crippen LogP contribution in [0.15, 0.2) is 11.5 Å². The molecular weight excluding hydrogens is 378 g/mol. The van der Waals surface area contributed by atoms with E-state index in [1.54, 1.807) is 0 Å². The van der Waals surface area contributed by atoms with Crippen molar-refractivity contribution < 1.29 is 19.3 Å². The van der Waals surface area contributed by atoms with Crippen LogP contribution < -0.4 is 0 Å². The van der Waals surface area contributed by atoms with Crippen molar-refractivity contribution in [3.8, 4) is 0 Å². The van der Waals surface area contributed by atoms with Gasteiger partial charge in [0.25, 0.3) is 0 Å². The molecule has 3 aliphatic carbocycles. The van der Waals surface area contributed by atoms with E-state index in [0.717, 1.165) is 31.4 Å². The molecule has 0 unspecified atom stereocenters. The molecule has 0 N–H and O–H groups in total. The highest BCUT2D eigenvalue weighted by Crippen LogP contribution is 2.57. The molecular formula is C20H31N3O6. The molecule has 1 saturated heterocycles. The minimum Gasteiger partial charge on any atom is -0.496 e. The number of hydrogen-bond acceptors (Lipinski definition) is 7. The molecule has 9 heteroatoms. The lowest BCUT2D eigenvalue weighted by molar-refractivity contribution is -0.583. The molecule has 0 bridgehead atoms. The van der Waals surface area contributed by atoms with Gasteiger partial charge in [-0.3, -0.25) is 20.2 Å². The molecule has 0 aromatic heterocycles. The summed E-state index contributed by atoms with van der Waals surface area (Å²) in [6, 6.07) is -0.623. The molecule has 0 radical (unpaired) electrons. The minimum absolute atomic E-state index is 0.0943. The summed E-state index contributed by atoms with van der Waals surface area (Å²) in [5.41, 5.74) is -0.0346. The van der Waals surface area contributed by atoms with E-state index in [0.29, 0.717) is 57.9 Å². The predicted octanol–water partition coefficient (Wildman–Crippen LogP) is 2.85. The highest BCUT2D eigenvalue weighted by molar-refractivity contribution is 5.25. The van der Waals surface area contributed by atoms with Crippen LogP contribution in [0.3, 0.4) is 0 Å². The van der Waals surface area contributed by atoms with Gasteiger partial charge in [-0.1, -0.05) is 0 Å². The average Bonchev–Trinajstić information content (AvgIpc) is 3.35. The van der Waals surface area contributed by atoms with Gasteiger partial charge in [0.1, 0.15) is 5.76 Å². The van der Waals surface area contributed by atoms with Crippen molar-refractivity contribution in [2.24, 2.45) is 17.8 Å². The first kappa shape index (κ1) is 20.4. The Morgan fingerprint density at radius 3 is 2.59 bits per heavy atom. The Balaban J connectivity index is 1.83. The number of fused-ring (bicyclic) bond motifs is 1. The molecule has 2 saturated carbocycles. The minimum atomic E-state index is -1.05. The van der Waals surface area contributed by atoms with Crippen LogP contribution in [-0.2, 0) is 9.47 Å². The second-order valence-electron chi connectivity index (χ2n) is 8.85. The van der Waals surface area contributed by atoms with Gasteiger partial charge < -0.3 is 14.4 Å². The molecule has 0 amide bonds. The fourth-order valence-corrected chi connectivity index (χ4v) is 6.49. The van der Waals surface area contributed by atoms with Crippen molar-refractivity contribution in [1.82, 2.24) is 4.90 Å². The monoisotopic (exact) mass is 409 g/mol. The summed E-state index contributed by atoms with van der Waals surface area (Å²) < 4.78 is 11.6. The lowest BCUT2D eigenvalue weighted by Gasteiger charge is -2.47. The maximum absolute atomic E-state index is 12.3. The number of allylic oxidation sites excluding steroid dienone is 1. The molecule has 162 valence electrons. The maximum Gasteiger partial charge on any atom is 0.232 e. The molecule has 3 fully saturated rings. The van der Waals surface area contributed by atoms with Crippen molar-refractivity contribution in [2.75, 3.05) is 32.9 Å². The standard InChI is InChI=1S/C20H31N3O6/c1-2-29-17-13-20(23(26)27)8-4-6-15(20)18(14-5-3-7-16(14)22(24)25)19(17)21-9-11-28-12-10-21/h14-16,18H,2-13H2,1H3/t14-,15+,16-,18-,20+/m1/s1. The largest absolute Gasteiger partial charge is 0.496 e. The lowest BCUT2D eigenvalue weighted by Crippen LogP contribution is -2.55. The van der Waals surface area contributed by atoms with Crippen LogP contribution in [0.25, 0.3) is 0 Å². The summed E-state index contributed by atoms with van der Waals surface area (Å²) >= 11 is 0. The smallest absolute Gasteiger partial charge is 0.232 e. The van der Waals surface area contributed by atoms with Gasteiger partial charge in [-0.15, -0.1) is 0 Å². The number of rotatable bonds is 6. The summed E-state index contributed by atoms with van der Waals surface area (Å²) in [5.74, 6) is 0.184. The molecule has 5 atom stereocenters. The topological polar surface area (TPSA) is 108 Å². The van der Waals surface area contributed by atoms with Crippen LogP contribution in [0.2, 0.25) is 0 Å². The van der Waals surface area contributed by atoms with Crippen LogP contribution in [0.1, 0.15) is 51.9 Å². The zero-order valence-electron chi connectivity index (χ0n) is 17.1. The van der Waals surface area contributed by atoms with E-state index in [1.165, 1.54) is 0 Å². The summed E-state index contributed by atoms with van der Waals surface area (Å²) in [5, 5.41) is 24.2. The molecule has 0 aromatic rings. The van der Waals surface area contributed by atoms with Crippen LogP contribution in [0.5, 0.6) is 0 Å². The Morgan fingerprint density at radius 1 is 1.17 bits per heavy atom. The molecule has 9 nitrogen and oxygen atoms in total. The van der Waals surface area contributed by atoms with Gasteiger partial charge >= 0.3 is 0 Å². The van der Waals surface area contributed by atoms with Gasteiger partial charge in [0.15, 0.2) is 0 Å². The maximum atomic E-state index is 12.3. The third kappa shape index (κ3) is 3.37. The molecule has 1 heterocycles. The second-order valence-corrected chi connectivity index (χ2v) is 8.85. The van der Waals surface area contributed by atoms with Crippen LogP contribution in [0.4, 0.5) is 0 Å². The Kier molecular flexibility index (Phi) is 5.68. The van der Waals surface area contributed by atoms with Crippen LogP contribution in [-0.4, -0.2) is 59.2 Å². The van der Waals surface area contributed by atoms with Gasteiger partial charge in [-0.05, 0) is 32.6 Å². The van der Waals surface area contributed by atoms with E-state index in [2.05, 4.69) is 4.90 Å². The molecule has 4 rings (SSSR count). The molecule has 1 aliphatic heterocycles. The van der Waals surface area contributed by atoms with Crippen LogP contribution >= 0.6 is 0 Å². The Hall–Kier alpha value is -1.90. The third-order valence-corrected chi connectivity index (χ3v) is 7.61. The molecule has 4 aliphatic rings. The quantitative estimate of drug-likeness (QED) is 0.490. The average molecular weight is 409 g/mol. The van der Waals surface area contributed by atoms with Gasteiger partial charge in [0.05, 0.1) is 31.9 Å². The summed E-state index contributed by atoms with van der Waals surface area (Å²) in [7, 11) is 0. The molecule has 0 aromatic carbocycles. The predicted molar refractivity (Wildman–Crippen MR) is 104 cm³/mol. The first-order chi connectivity index (χ1) is 14.0. The van der Waals surface area contributed by atoms with Gasteiger partial charge in [0.2, 0.25) is 11.6 Å². The fourth-order valence-electron chi connectivity index (χ4n) is 6.49. The van der Waals surface area contributed by atoms with Crippen molar-refractivity contribution in [3.05, 3.63) is 31.7 Å². The van der Waals surface area contributed by atoms with E-state index >= 15 is 0 Å². The number of nitrogens with zero attached hydrogens (tertiary/aromatic N) is 3. The van der Waals surface area contributed by atoms with Gasteiger partial charge in [-0.25, -0.2) is 0 Å². The van der Waals surface area contributed by atoms with Crippen molar-refractivity contribution in [1.29, 1.82) is 0 Å². The van der Waals surface area contributed by atoms with Gasteiger partial charge in [0, 0.05) is 53.5 Å². The number of nitro groups is 2. The van der Waals surface area contributed by atoms with E-state index in [4.69, 9.17) is 9.47 Å². The Morgan fingerprint density at radius 2 is 1.93 bits per heavy atom. The SMILES string of the molecule is CCOC1=C(N2CCOCC2)[C@H]([C@@H]2CCC[C@H]2[N+](=O)[O-])[C@@H]2CCC[C@]2([N+](=O)[O-])C1. The Bertz CT molecular complexity index is 692. The first-order valence-corrected chi connectivity index (χ1v) is 11.0. The summed E-state index contributed by atoms with van der Waals surface area (Å²) in [6.07, 6.45) is 4.53. The molecule has 29 heavy (non-hydrogen) atoms. The number of ether oxygens (including phenoxy) is 2. The van der Waals surface area contributed by atoms with Gasteiger partial charge in [-0.2, -0.15) is 0 Å². The third-order valence-electron chi connectivity index (χ3n) is 7.61. The van der Waals surface area contributed by atoms with Crippen LogP contribution in [0, 0.1) is 38.0 Å². The summed E-state index contributed by atoms with van der Waals surface area (Å²) in [6.45, 7) is 4.95. The van der Waals surface area contributed by atoms with E-state index in [9.17, 15) is 20.2 Å². The Labute approximate surface area is 170 Å². The lowest BCUT2D eigenvalue weighted by atomic mass is 9.64. The normalized spacial score (nSPS) is 37.5. The second kappa shape index (κ2) is 8.08. The first-order valence-electron chi connectivity index (χ1n) is 11.0. The number of hydrogen-bond donors (Lipinski definition) is 0. The highest BCUT2D eigenvalue weighted by Gasteiger charge is 2.64. The van der Waals surface area contributed by atoms with E-state index < -0.39 is 11.6 Å². The van der Waals surface area contributed by atoms with E-state index in [-0.39, 0.29) is 27.6 Å². The highest BCUT2D eigenvalue weighted by atomic mass is 16.6. The van der Waals surface area contributed by atoms with Crippen molar-refractivity contribution in [2.45, 2.75) is 63.5 Å². The summed E-state index contributed by atoms with van der Waals surface area (Å²) in [4.78, 5) is 26.2. The number of morpholine rings is 1. The fraction of sp³-hybridized carbons (Fsp3) is 0.900. The van der Waals surface area contributed by atoms with E-state index in [1.807, 2.05) is 6.92 Å². The van der Waals surface area contributed by atoms with Crippen molar-refractivity contribution in [3.63, 3.8) is 0 Å². The zero-order chi connectivity index (χ0) is 20.6. The van der Waals surface area contributed by atoms with Crippen molar-refractivity contribution >= 4 is 0 Å².